The number of nitrogens with zero attached hydrogens (tertiary/aromatic N) is 2. The number of aryl methyl sites for hydroxylation is 1. The highest BCUT2D eigenvalue weighted by Gasteiger charge is 2.44. The van der Waals surface area contributed by atoms with Gasteiger partial charge in [0.25, 0.3) is 0 Å². The lowest BCUT2D eigenvalue weighted by Crippen LogP contribution is -2.45. The molecule has 0 radical (unpaired) electrons. The number of hydrogen-bond donors (Lipinski definition) is 1. The number of benzene rings is 1. The Bertz CT molecular complexity index is 681. The highest BCUT2D eigenvalue weighted by atomic mass is 35.5. The molecule has 2 aromatic rings. The molecular formula is C18H22ClN3O. The molecule has 122 valence electrons. The van der Waals surface area contributed by atoms with Crippen LogP contribution in [0.3, 0.4) is 0 Å². The third kappa shape index (κ3) is 3.13. The van der Waals surface area contributed by atoms with E-state index in [2.05, 4.69) is 29.9 Å². The first-order chi connectivity index (χ1) is 11.0. The van der Waals surface area contributed by atoms with E-state index in [1.54, 1.807) is 12.5 Å². The van der Waals surface area contributed by atoms with Gasteiger partial charge in [-0.25, -0.2) is 4.98 Å². The molecule has 1 unspecified atom stereocenters. The largest absolute Gasteiger partial charge is 0.348 e. The lowest BCUT2D eigenvalue weighted by atomic mass is 9.82. The molecule has 0 saturated carbocycles. The zero-order valence-corrected chi connectivity index (χ0v) is 14.3. The molecule has 1 aliphatic rings. The quantitative estimate of drug-likeness (QED) is 0.926. The molecule has 3 rings (SSSR count). The van der Waals surface area contributed by atoms with Crippen LogP contribution < -0.4 is 0 Å². The first kappa shape index (κ1) is 16.1. The number of imidazole rings is 1. The Kier molecular flexibility index (Phi) is 4.44. The lowest BCUT2D eigenvalue weighted by Gasteiger charge is -2.36. The smallest absolute Gasteiger partial charge is 0.223 e. The third-order valence-corrected chi connectivity index (χ3v) is 5.28. The van der Waals surface area contributed by atoms with Gasteiger partial charge in [-0.2, -0.15) is 0 Å². The summed E-state index contributed by atoms with van der Waals surface area (Å²) in [5, 5.41) is 0.789. The van der Waals surface area contributed by atoms with Crippen LogP contribution in [0.15, 0.2) is 36.8 Å². The summed E-state index contributed by atoms with van der Waals surface area (Å²) in [6.45, 7) is 5.06. The number of aromatic nitrogens is 2. The van der Waals surface area contributed by atoms with Crippen molar-refractivity contribution < 1.29 is 4.79 Å². The van der Waals surface area contributed by atoms with Crippen LogP contribution in [0.4, 0.5) is 0 Å². The van der Waals surface area contributed by atoms with E-state index < -0.39 is 0 Å². The number of likely N-dealkylation sites (tertiary alicyclic amines) is 1. The predicted molar refractivity (Wildman–Crippen MR) is 91.5 cm³/mol. The van der Waals surface area contributed by atoms with E-state index in [0.717, 1.165) is 29.2 Å². The van der Waals surface area contributed by atoms with Crippen LogP contribution in [0.1, 0.15) is 43.9 Å². The van der Waals surface area contributed by atoms with Gasteiger partial charge in [0, 0.05) is 41.3 Å². The van der Waals surface area contributed by atoms with Gasteiger partial charge < -0.3 is 9.88 Å². The van der Waals surface area contributed by atoms with Gasteiger partial charge in [-0.1, -0.05) is 29.8 Å². The topological polar surface area (TPSA) is 49.0 Å². The van der Waals surface area contributed by atoms with E-state index in [-0.39, 0.29) is 17.4 Å². The molecule has 1 aromatic carbocycles. The van der Waals surface area contributed by atoms with E-state index in [1.165, 1.54) is 0 Å². The normalized spacial score (nSPS) is 20.0. The van der Waals surface area contributed by atoms with Crippen molar-refractivity contribution in [1.82, 2.24) is 14.9 Å². The van der Waals surface area contributed by atoms with Gasteiger partial charge in [0.05, 0.1) is 6.33 Å². The molecule has 1 aliphatic heterocycles. The summed E-state index contributed by atoms with van der Waals surface area (Å²) in [6.07, 6.45) is 5.57. The minimum Gasteiger partial charge on any atom is -0.348 e. The maximum atomic E-state index is 12.7. The summed E-state index contributed by atoms with van der Waals surface area (Å²) in [5.41, 5.74) is 1.91. The average molecular weight is 332 g/mol. The van der Waals surface area contributed by atoms with Crippen LogP contribution in [0.2, 0.25) is 5.02 Å². The second-order valence-corrected chi connectivity index (χ2v) is 7.05. The first-order valence-corrected chi connectivity index (χ1v) is 8.40. The lowest BCUT2D eigenvalue weighted by molar-refractivity contribution is -0.134. The fourth-order valence-electron chi connectivity index (χ4n) is 3.63. The van der Waals surface area contributed by atoms with Crippen molar-refractivity contribution in [3.05, 3.63) is 53.1 Å². The monoisotopic (exact) mass is 331 g/mol. The average Bonchev–Trinajstić information content (AvgIpc) is 3.13. The Morgan fingerprint density at radius 1 is 1.43 bits per heavy atom. The molecule has 23 heavy (non-hydrogen) atoms. The molecule has 1 aromatic heterocycles. The Morgan fingerprint density at radius 2 is 2.22 bits per heavy atom. The Hall–Kier alpha value is -1.81. The SMILES string of the molecule is CC1(C)C(c2ccccc2Cl)CCN1C(=O)CCc1cnc[nH]1. The van der Waals surface area contributed by atoms with Crippen LogP contribution in [0.25, 0.3) is 0 Å². The van der Waals surface area contributed by atoms with Gasteiger partial charge in [-0.3, -0.25) is 4.79 Å². The van der Waals surface area contributed by atoms with E-state index in [0.29, 0.717) is 12.8 Å². The molecule has 0 spiro atoms. The number of aromatic amines is 1. The van der Waals surface area contributed by atoms with Gasteiger partial charge >= 0.3 is 0 Å². The van der Waals surface area contributed by atoms with Crippen LogP contribution in [-0.4, -0.2) is 32.9 Å². The summed E-state index contributed by atoms with van der Waals surface area (Å²) in [7, 11) is 0. The second kappa shape index (κ2) is 6.36. The zero-order chi connectivity index (χ0) is 16.4. The number of amides is 1. The van der Waals surface area contributed by atoms with Crippen molar-refractivity contribution in [2.45, 2.75) is 44.6 Å². The molecule has 1 saturated heterocycles. The Morgan fingerprint density at radius 3 is 2.91 bits per heavy atom. The Labute approximate surface area is 141 Å². The summed E-state index contributed by atoms with van der Waals surface area (Å²) >= 11 is 6.37. The summed E-state index contributed by atoms with van der Waals surface area (Å²) in [6, 6.07) is 7.96. The third-order valence-electron chi connectivity index (χ3n) is 4.93. The Balaban J connectivity index is 1.72. The minimum atomic E-state index is -0.226. The van der Waals surface area contributed by atoms with Crippen LogP contribution in [-0.2, 0) is 11.2 Å². The molecule has 1 fully saturated rings. The summed E-state index contributed by atoms with van der Waals surface area (Å²) in [4.78, 5) is 21.7. The highest BCUT2D eigenvalue weighted by molar-refractivity contribution is 6.31. The van der Waals surface area contributed by atoms with Gasteiger partial charge in [0.2, 0.25) is 5.91 Å². The number of carbonyl (C=O) groups is 1. The molecule has 1 amide bonds. The number of hydrogen-bond acceptors (Lipinski definition) is 2. The van der Waals surface area contributed by atoms with Crippen LogP contribution >= 0.6 is 11.6 Å². The summed E-state index contributed by atoms with van der Waals surface area (Å²) < 4.78 is 0. The molecule has 2 heterocycles. The van der Waals surface area contributed by atoms with Crippen LogP contribution in [0, 0.1) is 0 Å². The van der Waals surface area contributed by atoms with Gasteiger partial charge in [0.15, 0.2) is 0 Å². The number of halogens is 1. The number of rotatable bonds is 4. The van der Waals surface area contributed by atoms with Crippen molar-refractivity contribution in [3.63, 3.8) is 0 Å². The van der Waals surface area contributed by atoms with Gasteiger partial charge in [-0.05, 0) is 38.3 Å². The molecule has 4 nitrogen and oxygen atoms in total. The maximum Gasteiger partial charge on any atom is 0.223 e. The van der Waals surface area contributed by atoms with Crippen molar-refractivity contribution in [1.29, 1.82) is 0 Å². The van der Waals surface area contributed by atoms with E-state index in [4.69, 9.17) is 11.6 Å². The molecule has 1 atom stereocenters. The van der Waals surface area contributed by atoms with Crippen molar-refractivity contribution in [2.75, 3.05) is 6.54 Å². The van der Waals surface area contributed by atoms with Crippen molar-refractivity contribution in [3.8, 4) is 0 Å². The molecule has 5 heteroatoms. The van der Waals surface area contributed by atoms with E-state index >= 15 is 0 Å². The number of carbonyl (C=O) groups excluding carboxylic acids is 1. The predicted octanol–water partition coefficient (Wildman–Crippen LogP) is 3.79. The fraction of sp³-hybridized carbons (Fsp3) is 0.444. The van der Waals surface area contributed by atoms with E-state index in [9.17, 15) is 4.79 Å². The van der Waals surface area contributed by atoms with Gasteiger partial charge in [-0.15, -0.1) is 0 Å². The molecular weight excluding hydrogens is 310 g/mol. The van der Waals surface area contributed by atoms with Crippen molar-refractivity contribution in [2.24, 2.45) is 0 Å². The van der Waals surface area contributed by atoms with E-state index in [1.807, 2.05) is 23.1 Å². The standard InChI is InChI=1S/C18H22ClN3O/c1-18(2)15(14-5-3-4-6-16(14)19)9-10-22(18)17(23)8-7-13-11-20-12-21-13/h3-6,11-12,15H,7-10H2,1-2H3,(H,20,21). The van der Waals surface area contributed by atoms with Crippen LogP contribution in [0.5, 0.6) is 0 Å². The maximum absolute atomic E-state index is 12.7. The minimum absolute atomic E-state index is 0.194. The highest BCUT2D eigenvalue weighted by Crippen LogP contribution is 2.44. The molecule has 0 aliphatic carbocycles. The van der Waals surface area contributed by atoms with Gasteiger partial charge in [0.1, 0.15) is 0 Å². The second-order valence-electron chi connectivity index (χ2n) is 6.64. The molecule has 1 N–H and O–H groups in total. The summed E-state index contributed by atoms with van der Waals surface area (Å²) in [5.74, 6) is 0.464. The fourth-order valence-corrected chi connectivity index (χ4v) is 3.89. The molecule has 0 bridgehead atoms. The first-order valence-electron chi connectivity index (χ1n) is 8.02. The zero-order valence-electron chi connectivity index (χ0n) is 13.6. The van der Waals surface area contributed by atoms with Crippen molar-refractivity contribution >= 4 is 17.5 Å². The number of nitrogens with one attached hydrogen (secondary N) is 1. The number of H-pyrrole nitrogens is 1.